The Labute approximate surface area is 126 Å². The lowest BCUT2D eigenvalue weighted by molar-refractivity contribution is 0.102. The van der Waals surface area contributed by atoms with Crippen LogP contribution < -0.4 is 5.73 Å². The number of likely N-dealkylation sites (N-methyl/N-ethyl adjacent to an activating group) is 1. The van der Waals surface area contributed by atoms with E-state index in [2.05, 4.69) is 46.0 Å². The first-order chi connectivity index (χ1) is 10.3. The monoisotopic (exact) mass is 284 g/mol. The van der Waals surface area contributed by atoms with Crippen LogP contribution in [-0.4, -0.2) is 54.1 Å². The van der Waals surface area contributed by atoms with Crippen LogP contribution in [0, 0.1) is 0 Å². The molecule has 1 aromatic heterocycles. The quantitative estimate of drug-likeness (QED) is 0.931. The summed E-state index contributed by atoms with van der Waals surface area (Å²) in [6.45, 7) is 8.43. The second-order valence-electron chi connectivity index (χ2n) is 5.67. The molecule has 4 heteroatoms. The van der Waals surface area contributed by atoms with E-state index in [9.17, 15) is 0 Å². The third-order valence-corrected chi connectivity index (χ3v) is 4.58. The van der Waals surface area contributed by atoms with Crippen molar-refractivity contribution in [1.29, 1.82) is 0 Å². The Hall–Kier alpha value is -1.49. The average Bonchev–Trinajstić information content (AvgIpc) is 2.56. The molecule has 3 rings (SSSR count). The predicted molar refractivity (Wildman–Crippen MR) is 87.2 cm³/mol. The Morgan fingerprint density at radius 1 is 1.14 bits per heavy atom. The van der Waals surface area contributed by atoms with Crippen LogP contribution in [0.5, 0.6) is 0 Å². The maximum Gasteiger partial charge on any atom is 0.0492 e. The average molecular weight is 284 g/mol. The molecule has 2 N–H and O–H groups in total. The minimum atomic E-state index is 0.266. The van der Waals surface area contributed by atoms with Crippen molar-refractivity contribution in [2.24, 2.45) is 5.73 Å². The third kappa shape index (κ3) is 2.93. The molecule has 1 atom stereocenters. The highest BCUT2D eigenvalue weighted by Gasteiger charge is 2.24. The molecule has 1 aliphatic rings. The van der Waals surface area contributed by atoms with E-state index in [1.54, 1.807) is 0 Å². The highest BCUT2D eigenvalue weighted by atomic mass is 15.3. The van der Waals surface area contributed by atoms with Crippen molar-refractivity contribution in [2.45, 2.75) is 13.0 Å². The molecule has 0 spiro atoms. The highest BCUT2D eigenvalue weighted by Crippen LogP contribution is 2.27. The van der Waals surface area contributed by atoms with Gasteiger partial charge in [0.05, 0.1) is 0 Å². The summed E-state index contributed by atoms with van der Waals surface area (Å²) >= 11 is 0. The molecule has 2 aromatic rings. The molecule has 112 valence electrons. The van der Waals surface area contributed by atoms with Crippen LogP contribution in [0.1, 0.15) is 18.5 Å². The van der Waals surface area contributed by atoms with Gasteiger partial charge in [-0.2, -0.15) is 0 Å². The number of nitrogens with zero attached hydrogens (tertiary/aromatic N) is 3. The summed E-state index contributed by atoms with van der Waals surface area (Å²) < 4.78 is 0. The van der Waals surface area contributed by atoms with Crippen LogP contribution in [0.4, 0.5) is 0 Å². The molecular formula is C17H24N4. The summed E-state index contributed by atoms with van der Waals surface area (Å²) in [4.78, 5) is 9.42. The zero-order valence-electron chi connectivity index (χ0n) is 12.7. The van der Waals surface area contributed by atoms with Gasteiger partial charge in [-0.3, -0.25) is 9.88 Å². The normalized spacial score (nSPS) is 19.0. The van der Waals surface area contributed by atoms with Crippen LogP contribution in [0.25, 0.3) is 10.8 Å². The number of nitrogens with two attached hydrogens (primary N) is 1. The zero-order chi connectivity index (χ0) is 14.7. The minimum Gasteiger partial charge on any atom is -0.329 e. The summed E-state index contributed by atoms with van der Waals surface area (Å²) in [6.07, 6.45) is 3.92. The van der Waals surface area contributed by atoms with Gasteiger partial charge in [0.15, 0.2) is 0 Å². The van der Waals surface area contributed by atoms with E-state index in [0.717, 1.165) is 32.7 Å². The van der Waals surface area contributed by atoms with E-state index in [1.165, 1.54) is 16.3 Å². The van der Waals surface area contributed by atoms with E-state index >= 15 is 0 Å². The van der Waals surface area contributed by atoms with Crippen molar-refractivity contribution in [1.82, 2.24) is 14.8 Å². The molecule has 0 saturated carbocycles. The summed E-state index contributed by atoms with van der Waals surface area (Å²) in [5.74, 6) is 0. The number of hydrogen-bond donors (Lipinski definition) is 1. The van der Waals surface area contributed by atoms with Crippen molar-refractivity contribution in [3.8, 4) is 0 Å². The largest absolute Gasteiger partial charge is 0.329 e. The fourth-order valence-electron chi connectivity index (χ4n) is 3.27. The maximum atomic E-state index is 6.11. The molecule has 1 fully saturated rings. The maximum absolute atomic E-state index is 6.11. The van der Waals surface area contributed by atoms with E-state index in [0.29, 0.717) is 6.54 Å². The summed E-state index contributed by atoms with van der Waals surface area (Å²) in [7, 11) is 0. The standard InChI is InChI=1S/C17H24N4/c1-2-20-7-9-21(10-8-20)17(11-18)16-13-19-12-14-5-3-4-6-15(14)16/h3-6,12-13,17H,2,7-11,18H2,1H3. The van der Waals surface area contributed by atoms with Gasteiger partial charge in [0.2, 0.25) is 0 Å². The summed E-state index contributed by atoms with van der Waals surface area (Å²) in [5.41, 5.74) is 7.38. The van der Waals surface area contributed by atoms with E-state index in [-0.39, 0.29) is 6.04 Å². The van der Waals surface area contributed by atoms with E-state index in [1.807, 2.05) is 12.4 Å². The zero-order valence-corrected chi connectivity index (χ0v) is 12.7. The first-order valence-electron chi connectivity index (χ1n) is 7.82. The molecule has 2 heterocycles. The first kappa shape index (κ1) is 14.4. The van der Waals surface area contributed by atoms with Gasteiger partial charge in [0, 0.05) is 56.5 Å². The van der Waals surface area contributed by atoms with E-state index in [4.69, 9.17) is 5.73 Å². The minimum absolute atomic E-state index is 0.266. The van der Waals surface area contributed by atoms with Crippen LogP contribution in [0.2, 0.25) is 0 Å². The van der Waals surface area contributed by atoms with Gasteiger partial charge in [-0.1, -0.05) is 31.2 Å². The second kappa shape index (κ2) is 6.52. The molecule has 1 unspecified atom stereocenters. The highest BCUT2D eigenvalue weighted by molar-refractivity contribution is 5.85. The molecule has 1 aromatic carbocycles. The summed E-state index contributed by atoms with van der Waals surface area (Å²) in [5, 5.41) is 2.47. The SMILES string of the molecule is CCN1CCN(C(CN)c2cncc3ccccc23)CC1. The first-order valence-corrected chi connectivity index (χ1v) is 7.82. The molecule has 1 saturated heterocycles. The molecular weight excluding hydrogens is 260 g/mol. The van der Waals surface area contributed by atoms with E-state index < -0.39 is 0 Å². The lowest BCUT2D eigenvalue weighted by atomic mass is 10.00. The number of hydrogen-bond acceptors (Lipinski definition) is 4. The van der Waals surface area contributed by atoms with Gasteiger partial charge in [-0.25, -0.2) is 0 Å². The number of aromatic nitrogens is 1. The predicted octanol–water partition coefficient (Wildman–Crippen LogP) is 1.87. The van der Waals surface area contributed by atoms with Gasteiger partial charge in [0.1, 0.15) is 0 Å². The fraction of sp³-hybridized carbons (Fsp3) is 0.471. The topological polar surface area (TPSA) is 45.4 Å². The third-order valence-electron chi connectivity index (χ3n) is 4.58. The van der Waals surface area contributed by atoms with Crippen molar-refractivity contribution < 1.29 is 0 Å². The van der Waals surface area contributed by atoms with Gasteiger partial charge in [-0.05, 0) is 17.5 Å². The van der Waals surface area contributed by atoms with Crippen molar-refractivity contribution in [3.05, 3.63) is 42.2 Å². The van der Waals surface area contributed by atoms with Crippen molar-refractivity contribution in [2.75, 3.05) is 39.3 Å². The van der Waals surface area contributed by atoms with Gasteiger partial charge in [-0.15, -0.1) is 0 Å². The molecule has 21 heavy (non-hydrogen) atoms. The second-order valence-corrected chi connectivity index (χ2v) is 5.67. The van der Waals surface area contributed by atoms with Crippen LogP contribution in [0.3, 0.4) is 0 Å². The Morgan fingerprint density at radius 3 is 2.62 bits per heavy atom. The van der Waals surface area contributed by atoms with Crippen LogP contribution in [-0.2, 0) is 0 Å². The van der Waals surface area contributed by atoms with Gasteiger partial charge in [0.25, 0.3) is 0 Å². The lowest BCUT2D eigenvalue weighted by Crippen LogP contribution is -2.48. The molecule has 0 bridgehead atoms. The Kier molecular flexibility index (Phi) is 4.48. The molecule has 0 aliphatic carbocycles. The summed E-state index contributed by atoms with van der Waals surface area (Å²) in [6, 6.07) is 8.72. The smallest absolute Gasteiger partial charge is 0.0492 e. The Balaban J connectivity index is 1.88. The van der Waals surface area contributed by atoms with Gasteiger partial charge < -0.3 is 10.6 Å². The number of benzene rings is 1. The Bertz CT molecular complexity index is 585. The van der Waals surface area contributed by atoms with Crippen LogP contribution in [0.15, 0.2) is 36.7 Å². The fourth-order valence-corrected chi connectivity index (χ4v) is 3.27. The number of piperazine rings is 1. The lowest BCUT2D eigenvalue weighted by Gasteiger charge is -2.39. The van der Waals surface area contributed by atoms with Crippen molar-refractivity contribution >= 4 is 10.8 Å². The van der Waals surface area contributed by atoms with Gasteiger partial charge >= 0.3 is 0 Å². The molecule has 0 radical (unpaired) electrons. The molecule has 4 nitrogen and oxygen atoms in total. The molecule has 0 amide bonds. The number of pyridine rings is 1. The number of rotatable bonds is 4. The Morgan fingerprint density at radius 2 is 1.90 bits per heavy atom. The molecule has 1 aliphatic heterocycles. The number of fused-ring (bicyclic) bond motifs is 1. The van der Waals surface area contributed by atoms with Crippen LogP contribution >= 0.6 is 0 Å². The van der Waals surface area contributed by atoms with Crippen molar-refractivity contribution in [3.63, 3.8) is 0 Å².